The van der Waals surface area contributed by atoms with E-state index in [4.69, 9.17) is 0 Å². The average Bonchev–Trinajstić information content (AvgIpc) is 2.58. The van der Waals surface area contributed by atoms with Crippen molar-refractivity contribution >= 4 is 29.3 Å². The maximum atomic E-state index is 12.1. The number of anilines is 1. The maximum Gasteiger partial charge on any atom is 0.326 e. The first-order chi connectivity index (χ1) is 12.1. The number of carbonyl (C=O) groups is 4. The van der Waals surface area contributed by atoms with E-state index in [-0.39, 0.29) is 17.3 Å². The van der Waals surface area contributed by atoms with Crippen LogP contribution in [-0.2, 0) is 14.4 Å². The highest BCUT2D eigenvalue weighted by Gasteiger charge is 2.25. The lowest BCUT2D eigenvalue weighted by molar-refractivity contribution is -0.142. The Labute approximate surface area is 152 Å². The Morgan fingerprint density at radius 1 is 1.12 bits per heavy atom. The Balaban J connectivity index is 2.75. The van der Waals surface area contributed by atoms with E-state index in [2.05, 4.69) is 10.6 Å². The molecule has 0 fully saturated rings. The number of hydrogen-bond acceptors (Lipinski definition) is 4. The van der Waals surface area contributed by atoms with Gasteiger partial charge in [0.15, 0.2) is 5.78 Å². The summed E-state index contributed by atoms with van der Waals surface area (Å²) in [5.41, 5.74) is 1.10. The molecule has 0 aliphatic heterocycles. The number of amides is 2. The third-order valence-electron chi connectivity index (χ3n) is 4.03. The molecule has 0 aliphatic carbocycles. The lowest BCUT2D eigenvalue weighted by Gasteiger charge is -2.20. The molecule has 1 aromatic carbocycles. The second-order valence-corrected chi connectivity index (χ2v) is 6.13. The van der Waals surface area contributed by atoms with Crippen molar-refractivity contribution in [2.24, 2.45) is 5.92 Å². The van der Waals surface area contributed by atoms with E-state index in [1.165, 1.54) is 13.8 Å². The predicted octanol–water partition coefficient (Wildman–Crippen LogP) is 2.39. The molecule has 0 spiro atoms. The number of carboxylic acid groups (broad SMARTS) is 1. The van der Waals surface area contributed by atoms with Crippen molar-refractivity contribution in [3.8, 4) is 0 Å². The SMILES string of the molecule is CCC(C)C(NC(=O)/C(C)=C/C(=O)Nc1ccc(C(C)=O)cc1)C(=O)O. The number of carbonyl (C=O) groups excluding carboxylic acids is 3. The average molecular weight is 360 g/mol. The topological polar surface area (TPSA) is 113 Å². The van der Waals surface area contributed by atoms with Crippen LogP contribution in [0.5, 0.6) is 0 Å². The summed E-state index contributed by atoms with van der Waals surface area (Å²) in [6.07, 6.45) is 1.69. The van der Waals surface area contributed by atoms with E-state index in [9.17, 15) is 24.3 Å². The molecule has 0 heterocycles. The van der Waals surface area contributed by atoms with E-state index in [1.54, 1.807) is 31.2 Å². The van der Waals surface area contributed by atoms with Gasteiger partial charge in [0.25, 0.3) is 0 Å². The molecule has 0 radical (unpaired) electrons. The van der Waals surface area contributed by atoms with Crippen LogP contribution in [0.2, 0.25) is 0 Å². The molecule has 0 saturated heterocycles. The van der Waals surface area contributed by atoms with Crippen LogP contribution >= 0.6 is 0 Å². The van der Waals surface area contributed by atoms with Gasteiger partial charge < -0.3 is 15.7 Å². The summed E-state index contributed by atoms with van der Waals surface area (Å²) < 4.78 is 0. The van der Waals surface area contributed by atoms with Crippen LogP contribution in [0.3, 0.4) is 0 Å². The highest BCUT2D eigenvalue weighted by molar-refractivity contribution is 6.06. The molecular weight excluding hydrogens is 336 g/mol. The van der Waals surface area contributed by atoms with Gasteiger partial charge in [-0.1, -0.05) is 20.3 Å². The van der Waals surface area contributed by atoms with Crippen molar-refractivity contribution in [1.29, 1.82) is 0 Å². The van der Waals surface area contributed by atoms with E-state index in [0.29, 0.717) is 17.7 Å². The maximum absolute atomic E-state index is 12.1. The van der Waals surface area contributed by atoms with E-state index in [1.807, 2.05) is 6.92 Å². The third-order valence-corrected chi connectivity index (χ3v) is 4.03. The van der Waals surface area contributed by atoms with E-state index >= 15 is 0 Å². The zero-order valence-electron chi connectivity index (χ0n) is 15.3. The second-order valence-electron chi connectivity index (χ2n) is 6.13. The summed E-state index contributed by atoms with van der Waals surface area (Å²) in [6, 6.07) is 5.33. The molecule has 1 rings (SSSR count). The molecular formula is C19H24N2O5. The second kappa shape index (κ2) is 9.50. The summed E-state index contributed by atoms with van der Waals surface area (Å²) in [7, 11) is 0. The van der Waals surface area contributed by atoms with Crippen molar-refractivity contribution in [2.75, 3.05) is 5.32 Å². The monoisotopic (exact) mass is 360 g/mol. The zero-order valence-corrected chi connectivity index (χ0v) is 15.3. The van der Waals surface area contributed by atoms with Crippen molar-refractivity contribution < 1.29 is 24.3 Å². The van der Waals surface area contributed by atoms with Gasteiger partial charge in [0.2, 0.25) is 11.8 Å². The van der Waals surface area contributed by atoms with Gasteiger partial charge >= 0.3 is 5.97 Å². The van der Waals surface area contributed by atoms with Crippen LogP contribution < -0.4 is 10.6 Å². The molecule has 0 aromatic heterocycles. The van der Waals surface area contributed by atoms with E-state index < -0.39 is 23.8 Å². The minimum atomic E-state index is -1.12. The number of rotatable bonds is 8. The van der Waals surface area contributed by atoms with Gasteiger partial charge in [-0.3, -0.25) is 14.4 Å². The van der Waals surface area contributed by atoms with Crippen molar-refractivity contribution in [2.45, 2.75) is 40.2 Å². The standard InChI is InChI=1S/C19H24N2O5/c1-5-11(2)17(19(25)26)21-18(24)12(3)10-16(23)20-15-8-6-14(7-9-15)13(4)22/h6-11,17H,5H2,1-4H3,(H,20,23)(H,21,24)(H,25,26)/b12-10+. The fourth-order valence-electron chi connectivity index (χ4n) is 2.17. The normalized spacial score (nSPS) is 13.5. The zero-order chi connectivity index (χ0) is 19.9. The number of Topliss-reactive ketones (excluding diaryl/α,β-unsaturated/α-hetero) is 1. The largest absolute Gasteiger partial charge is 0.480 e. The number of hydrogen-bond donors (Lipinski definition) is 3. The molecule has 3 N–H and O–H groups in total. The molecule has 7 nitrogen and oxygen atoms in total. The quantitative estimate of drug-likeness (QED) is 0.487. The predicted molar refractivity (Wildman–Crippen MR) is 97.9 cm³/mol. The summed E-state index contributed by atoms with van der Waals surface area (Å²) in [6.45, 7) is 6.45. The van der Waals surface area contributed by atoms with Crippen LogP contribution in [0.1, 0.15) is 44.5 Å². The van der Waals surface area contributed by atoms with E-state index in [0.717, 1.165) is 6.08 Å². The van der Waals surface area contributed by atoms with Gasteiger partial charge in [0.1, 0.15) is 6.04 Å². The van der Waals surface area contributed by atoms with Crippen molar-refractivity contribution in [1.82, 2.24) is 5.32 Å². The minimum Gasteiger partial charge on any atom is -0.480 e. The smallest absolute Gasteiger partial charge is 0.326 e. The number of aliphatic carboxylic acids is 1. The Morgan fingerprint density at radius 3 is 2.15 bits per heavy atom. The molecule has 26 heavy (non-hydrogen) atoms. The van der Waals surface area contributed by atoms with Crippen LogP contribution in [-0.4, -0.2) is 34.7 Å². The van der Waals surface area contributed by atoms with Gasteiger partial charge in [0, 0.05) is 22.9 Å². The molecule has 140 valence electrons. The molecule has 0 bridgehead atoms. The Hall–Kier alpha value is -2.96. The number of ketones is 1. The van der Waals surface area contributed by atoms with Gasteiger partial charge in [-0.05, 0) is 44.0 Å². The molecule has 0 saturated carbocycles. The molecule has 2 atom stereocenters. The van der Waals surface area contributed by atoms with Crippen LogP contribution in [0.15, 0.2) is 35.9 Å². The van der Waals surface area contributed by atoms with Crippen molar-refractivity contribution in [3.63, 3.8) is 0 Å². The number of benzene rings is 1. The van der Waals surface area contributed by atoms with Gasteiger partial charge in [0.05, 0.1) is 0 Å². The number of carboxylic acids is 1. The summed E-state index contributed by atoms with van der Waals surface area (Å²) in [4.78, 5) is 46.6. The molecule has 1 aromatic rings. The third kappa shape index (κ3) is 6.16. The van der Waals surface area contributed by atoms with Gasteiger partial charge in [-0.2, -0.15) is 0 Å². The summed E-state index contributed by atoms with van der Waals surface area (Å²) in [5.74, 6) is -2.57. The van der Waals surface area contributed by atoms with Gasteiger partial charge in [-0.15, -0.1) is 0 Å². The number of nitrogens with one attached hydrogen (secondary N) is 2. The van der Waals surface area contributed by atoms with Crippen molar-refractivity contribution in [3.05, 3.63) is 41.5 Å². The Kier molecular flexibility index (Phi) is 7.71. The first kappa shape index (κ1) is 21.1. The Morgan fingerprint density at radius 2 is 1.69 bits per heavy atom. The molecule has 0 aliphatic rings. The first-order valence-electron chi connectivity index (χ1n) is 8.29. The lowest BCUT2D eigenvalue weighted by Crippen LogP contribution is -2.45. The Bertz CT molecular complexity index is 722. The first-order valence-corrected chi connectivity index (χ1v) is 8.29. The molecule has 2 unspecified atom stereocenters. The molecule has 7 heteroatoms. The van der Waals surface area contributed by atoms with Crippen LogP contribution in [0, 0.1) is 5.92 Å². The highest BCUT2D eigenvalue weighted by atomic mass is 16.4. The fraction of sp³-hybridized carbons (Fsp3) is 0.368. The summed E-state index contributed by atoms with van der Waals surface area (Å²) in [5, 5.41) is 14.2. The summed E-state index contributed by atoms with van der Waals surface area (Å²) >= 11 is 0. The fourth-order valence-corrected chi connectivity index (χ4v) is 2.17. The highest BCUT2D eigenvalue weighted by Crippen LogP contribution is 2.11. The van der Waals surface area contributed by atoms with Crippen LogP contribution in [0.25, 0.3) is 0 Å². The minimum absolute atomic E-state index is 0.0791. The lowest BCUT2D eigenvalue weighted by atomic mass is 9.99. The van der Waals surface area contributed by atoms with Gasteiger partial charge in [-0.25, -0.2) is 4.79 Å². The van der Waals surface area contributed by atoms with Crippen LogP contribution in [0.4, 0.5) is 5.69 Å². The molecule has 2 amide bonds.